The van der Waals surface area contributed by atoms with Crippen LogP contribution in [0.15, 0.2) is 29.1 Å². The fourth-order valence-corrected chi connectivity index (χ4v) is 2.36. The summed E-state index contributed by atoms with van der Waals surface area (Å²) in [6, 6.07) is 5.18. The second kappa shape index (κ2) is 4.79. The number of nitrogens with zero attached hydrogens (tertiary/aromatic N) is 1. The van der Waals surface area contributed by atoms with E-state index in [9.17, 15) is 18.0 Å². The molecule has 0 atom stereocenters. The first-order valence-electron chi connectivity index (χ1n) is 6.50. The molecule has 1 aromatic carbocycles. The van der Waals surface area contributed by atoms with Crippen molar-refractivity contribution in [3.63, 3.8) is 0 Å². The number of aromatic nitrogens is 1. The van der Waals surface area contributed by atoms with Gasteiger partial charge in [-0.1, -0.05) is 26.8 Å². The Morgan fingerprint density at radius 2 is 1.76 bits per heavy atom. The Hall–Kier alpha value is -1.98. The summed E-state index contributed by atoms with van der Waals surface area (Å²) < 4.78 is 40.1. The Bertz CT molecular complexity index is 739. The highest BCUT2D eigenvalue weighted by molar-refractivity contribution is 5.84. The molecule has 0 fully saturated rings. The summed E-state index contributed by atoms with van der Waals surface area (Å²) in [6.45, 7) is 6.02. The van der Waals surface area contributed by atoms with Crippen LogP contribution in [-0.4, -0.2) is 4.68 Å². The second-order valence-corrected chi connectivity index (χ2v) is 6.35. The van der Waals surface area contributed by atoms with E-state index in [4.69, 9.17) is 5.84 Å². The number of rotatable bonds is 1. The maximum atomic E-state index is 13.1. The van der Waals surface area contributed by atoms with Crippen LogP contribution in [0.1, 0.15) is 31.9 Å². The number of nitrogen functional groups attached to an aromatic ring is 1. The predicted molar refractivity (Wildman–Crippen MR) is 76.5 cm³/mol. The van der Waals surface area contributed by atoms with Crippen molar-refractivity contribution in [2.24, 2.45) is 5.41 Å². The molecule has 0 aliphatic heterocycles. The van der Waals surface area contributed by atoms with E-state index >= 15 is 0 Å². The van der Waals surface area contributed by atoms with Gasteiger partial charge in [0.25, 0.3) is 5.56 Å². The summed E-state index contributed by atoms with van der Waals surface area (Å²) >= 11 is 0. The molecule has 114 valence electrons. The lowest BCUT2D eigenvalue weighted by Gasteiger charge is -2.19. The molecule has 0 bridgehead atoms. The summed E-state index contributed by atoms with van der Waals surface area (Å²) in [4.78, 5) is 11.6. The summed E-state index contributed by atoms with van der Waals surface area (Å²) in [6.07, 6.45) is -3.96. The highest BCUT2D eigenvalue weighted by Crippen LogP contribution is 2.34. The minimum Gasteiger partial charge on any atom is -0.336 e. The zero-order valence-electron chi connectivity index (χ0n) is 12.1. The zero-order valence-corrected chi connectivity index (χ0v) is 12.1. The molecule has 3 nitrogen and oxygen atoms in total. The van der Waals surface area contributed by atoms with Crippen LogP contribution in [0.3, 0.4) is 0 Å². The standard InChI is InChI=1S/C15H17F3N2O/c1-14(2,3)8-9-4-5-12-10(6-9)11(15(16,17)18)7-13(21)20(12)19/h4-7H,8,19H2,1-3H3. The molecule has 2 rings (SSSR count). The molecule has 0 aliphatic carbocycles. The molecular formula is C15H17F3N2O. The van der Waals surface area contributed by atoms with Gasteiger partial charge < -0.3 is 5.84 Å². The van der Waals surface area contributed by atoms with Crippen molar-refractivity contribution in [3.8, 4) is 0 Å². The highest BCUT2D eigenvalue weighted by Gasteiger charge is 2.34. The van der Waals surface area contributed by atoms with E-state index in [-0.39, 0.29) is 16.3 Å². The van der Waals surface area contributed by atoms with Gasteiger partial charge in [0.05, 0.1) is 11.1 Å². The number of fused-ring (bicyclic) bond motifs is 1. The van der Waals surface area contributed by atoms with Crippen molar-refractivity contribution in [1.29, 1.82) is 0 Å². The molecule has 0 amide bonds. The molecule has 0 aliphatic rings. The van der Waals surface area contributed by atoms with Gasteiger partial charge in [0.15, 0.2) is 0 Å². The van der Waals surface area contributed by atoms with Crippen molar-refractivity contribution in [1.82, 2.24) is 4.68 Å². The summed E-state index contributed by atoms with van der Waals surface area (Å²) in [7, 11) is 0. The van der Waals surface area contributed by atoms with Gasteiger partial charge in [-0.2, -0.15) is 13.2 Å². The Morgan fingerprint density at radius 1 is 1.14 bits per heavy atom. The van der Waals surface area contributed by atoms with Crippen LogP contribution in [0.2, 0.25) is 0 Å². The van der Waals surface area contributed by atoms with E-state index in [1.807, 2.05) is 20.8 Å². The summed E-state index contributed by atoms with van der Waals surface area (Å²) in [5.74, 6) is 5.54. The number of hydrogen-bond donors (Lipinski definition) is 1. The van der Waals surface area contributed by atoms with E-state index in [1.54, 1.807) is 6.07 Å². The van der Waals surface area contributed by atoms with Crippen LogP contribution in [0, 0.1) is 5.41 Å². The van der Waals surface area contributed by atoms with Gasteiger partial charge in [0.1, 0.15) is 0 Å². The molecule has 21 heavy (non-hydrogen) atoms. The van der Waals surface area contributed by atoms with Crippen molar-refractivity contribution < 1.29 is 13.2 Å². The van der Waals surface area contributed by atoms with Crippen molar-refractivity contribution in [3.05, 3.63) is 45.7 Å². The first kappa shape index (κ1) is 15.4. The average molecular weight is 298 g/mol. The predicted octanol–water partition coefficient (Wildman–Crippen LogP) is 3.32. The molecule has 2 N–H and O–H groups in total. The minimum atomic E-state index is -4.59. The molecule has 1 aromatic heterocycles. The third kappa shape index (κ3) is 3.20. The molecule has 0 spiro atoms. The Morgan fingerprint density at radius 3 is 2.29 bits per heavy atom. The lowest BCUT2D eigenvalue weighted by molar-refractivity contribution is -0.136. The van der Waals surface area contributed by atoms with E-state index in [0.29, 0.717) is 12.5 Å². The first-order chi connectivity index (χ1) is 9.49. The fraction of sp³-hybridized carbons (Fsp3) is 0.400. The molecular weight excluding hydrogens is 281 g/mol. The monoisotopic (exact) mass is 298 g/mol. The van der Waals surface area contributed by atoms with E-state index in [1.165, 1.54) is 12.1 Å². The number of pyridine rings is 1. The van der Waals surface area contributed by atoms with E-state index in [0.717, 1.165) is 10.2 Å². The second-order valence-electron chi connectivity index (χ2n) is 6.35. The van der Waals surface area contributed by atoms with Gasteiger partial charge in [-0.15, -0.1) is 0 Å². The number of hydrogen-bond acceptors (Lipinski definition) is 2. The normalized spacial score (nSPS) is 12.9. The molecule has 0 radical (unpaired) electrons. The third-order valence-corrected chi connectivity index (χ3v) is 3.16. The molecule has 0 saturated carbocycles. The largest absolute Gasteiger partial charge is 0.417 e. The van der Waals surface area contributed by atoms with Crippen LogP contribution < -0.4 is 11.4 Å². The van der Waals surface area contributed by atoms with Crippen molar-refractivity contribution in [2.45, 2.75) is 33.4 Å². The number of alkyl halides is 3. The third-order valence-electron chi connectivity index (χ3n) is 3.16. The Balaban J connectivity index is 2.75. The molecule has 2 aromatic rings. The SMILES string of the molecule is CC(C)(C)Cc1ccc2c(c1)c(C(F)(F)F)cc(=O)n2N. The topological polar surface area (TPSA) is 48.0 Å². The smallest absolute Gasteiger partial charge is 0.336 e. The van der Waals surface area contributed by atoms with Gasteiger partial charge in [0.2, 0.25) is 0 Å². The molecule has 0 unspecified atom stereocenters. The van der Waals surface area contributed by atoms with Gasteiger partial charge in [0, 0.05) is 11.5 Å². The van der Waals surface area contributed by atoms with E-state index in [2.05, 4.69) is 0 Å². The zero-order chi connectivity index (χ0) is 16.0. The van der Waals surface area contributed by atoms with Crippen LogP contribution >= 0.6 is 0 Å². The summed E-state index contributed by atoms with van der Waals surface area (Å²) in [5.41, 5.74) is -1.02. The quantitative estimate of drug-likeness (QED) is 0.821. The number of benzene rings is 1. The maximum Gasteiger partial charge on any atom is 0.417 e. The minimum absolute atomic E-state index is 0.0497. The van der Waals surface area contributed by atoms with Gasteiger partial charge in [-0.3, -0.25) is 4.79 Å². The van der Waals surface area contributed by atoms with Gasteiger partial charge in [-0.25, -0.2) is 4.68 Å². The van der Waals surface area contributed by atoms with E-state index < -0.39 is 17.3 Å². The van der Waals surface area contributed by atoms with Crippen LogP contribution in [0.4, 0.5) is 13.2 Å². The van der Waals surface area contributed by atoms with Crippen LogP contribution in [-0.2, 0) is 12.6 Å². The lowest BCUT2D eigenvalue weighted by Crippen LogP contribution is -2.29. The number of nitrogens with two attached hydrogens (primary N) is 1. The highest BCUT2D eigenvalue weighted by atomic mass is 19.4. The molecule has 1 heterocycles. The first-order valence-corrected chi connectivity index (χ1v) is 6.50. The van der Waals surface area contributed by atoms with Crippen molar-refractivity contribution in [2.75, 3.05) is 5.84 Å². The van der Waals surface area contributed by atoms with Gasteiger partial charge >= 0.3 is 6.18 Å². The average Bonchev–Trinajstić information content (AvgIpc) is 2.30. The van der Waals surface area contributed by atoms with Crippen LogP contribution in [0.25, 0.3) is 10.9 Å². The Kier molecular flexibility index (Phi) is 3.51. The fourth-order valence-electron chi connectivity index (χ4n) is 2.36. The molecule has 0 saturated heterocycles. The van der Waals surface area contributed by atoms with Crippen molar-refractivity contribution >= 4 is 10.9 Å². The summed E-state index contributed by atoms with van der Waals surface area (Å²) in [5, 5.41) is -0.0497. The number of halogens is 3. The Labute approximate surface area is 120 Å². The maximum absolute atomic E-state index is 13.1. The molecule has 6 heteroatoms. The van der Waals surface area contributed by atoms with Gasteiger partial charge in [-0.05, 0) is 29.5 Å². The lowest BCUT2D eigenvalue weighted by atomic mass is 9.87. The van der Waals surface area contributed by atoms with Crippen LogP contribution in [0.5, 0.6) is 0 Å².